The molecule has 2 rings (SSSR count). The molecule has 0 radical (unpaired) electrons. The number of nitrogens with zero attached hydrogens (tertiary/aromatic N) is 3. The van der Waals surface area contributed by atoms with Crippen LogP contribution < -0.4 is 5.43 Å². The van der Waals surface area contributed by atoms with Gasteiger partial charge in [0.15, 0.2) is 11.5 Å². The number of ether oxygens (including phenoxy) is 1. The third kappa shape index (κ3) is 2.17. The molecule has 0 saturated heterocycles. The Kier molecular flexibility index (Phi) is 2.81. The average Bonchev–Trinajstić information content (AvgIpc) is 2.81. The Hall–Kier alpha value is -2.37. The molecule has 2 aromatic rings. The van der Waals surface area contributed by atoms with E-state index in [0.717, 1.165) is 0 Å². The number of rotatable bonds is 3. The quantitative estimate of drug-likeness (QED) is 0.776. The van der Waals surface area contributed by atoms with Crippen LogP contribution in [-0.4, -0.2) is 27.7 Å². The zero-order valence-electron chi connectivity index (χ0n) is 8.62. The highest BCUT2D eigenvalue weighted by atomic mass is 16.5. The monoisotopic (exact) mass is 218 g/mol. The van der Waals surface area contributed by atoms with Crippen LogP contribution in [0.3, 0.4) is 0 Å². The van der Waals surface area contributed by atoms with Crippen molar-refractivity contribution in [3.05, 3.63) is 42.6 Å². The predicted octanol–water partition coefficient (Wildman–Crippen LogP) is 0.940. The Morgan fingerprint density at radius 1 is 1.38 bits per heavy atom. The van der Waals surface area contributed by atoms with Gasteiger partial charge in [0.1, 0.15) is 0 Å². The second kappa shape index (κ2) is 4.43. The maximum atomic E-state index is 11.2. The molecule has 2 heterocycles. The van der Waals surface area contributed by atoms with Crippen LogP contribution >= 0.6 is 0 Å². The van der Waals surface area contributed by atoms with Crippen molar-refractivity contribution in [2.45, 2.75) is 0 Å². The Balaban J connectivity index is 2.19. The Morgan fingerprint density at radius 2 is 2.12 bits per heavy atom. The van der Waals surface area contributed by atoms with Crippen LogP contribution in [0.5, 0.6) is 0 Å². The molecule has 6 nitrogen and oxygen atoms in total. The molecular weight excluding hydrogens is 208 g/mol. The number of nitrogens with one attached hydrogen (secondary N) is 1. The van der Waals surface area contributed by atoms with Gasteiger partial charge in [-0.3, -0.25) is 15.1 Å². The van der Waals surface area contributed by atoms with Crippen LogP contribution in [0.15, 0.2) is 36.9 Å². The first-order valence-corrected chi connectivity index (χ1v) is 4.60. The summed E-state index contributed by atoms with van der Waals surface area (Å²) in [6, 6.07) is 3.73. The molecule has 0 atom stereocenters. The number of esters is 1. The lowest BCUT2D eigenvalue weighted by molar-refractivity contribution is 0.0593. The minimum Gasteiger partial charge on any atom is -0.464 e. The molecule has 0 aliphatic rings. The lowest BCUT2D eigenvalue weighted by Crippen LogP contribution is -2.11. The molecule has 0 bridgehead atoms. The lowest BCUT2D eigenvalue weighted by Gasteiger charge is -2.06. The second-order valence-electron chi connectivity index (χ2n) is 2.98. The average molecular weight is 218 g/mol. The summed E-state index contributed by atoms with van der Waals surface area (Å²) < 4.78 is 6.25. The van der Waals surface area contributed by atoms with Crippen molar-refractivity contribution in [3.8, 4) is 0 Å². The highest BCUT2D eigenvalue weighted by Crippen LogP contribution is 2.04. The summed E-state index contributed by atoms with van der Waals surface area (Å²) in [4.78, 5) is 19.2. The minimum absolute atomic E-state index is 0.166. The zero-order valence-corrected chi connectivity index (χ0v) is 8.62. The predicted molar refractivity (Wildman–Crippen MR) is 56.8 cm³/mol. The standard InChI is InChI=1S/C10H10N4O2/c1-16-10(15)8-6-11-7-9(12-8)13-14-4-2-3-5-14/h2-7H,1H3,(H,12,13). The highest BCUT2D eigenvalue weighted by molar-refractivity contribution is 5.87. The normalized spacial score (nSPS) is 9.81. The van der Waals surface area contributed by atoms with Gasteiger partial charge < -0.3 is 4.74 Å². The SMILES string of the molecule is COC(=O)c1cncc(Nn2cccc2)n1. The molecule has 0 saturated carbocycles. The Morgan fingerprint density at radius 3 is 2.81 bits per heavy atom. The van der Waals surface area contributed by atoms with Gasteiger partial charge in [0.05, 0.1) is 19.5 Å². The van der Waals surface area contributed by atoms with Crippen molar-refractivity contribution >= 4 is 11.8 Å². The molecule has 0 aromatic carbocycles. The minimum atomic E-state index is -0.511. The summed E-state index contributed by atoms with van der Waals surface area (Å²) >= 11 is 0. The van der Waals surface area contributed by atoms with E-state index < -0.39 is 5.97 Å². The molecule has 0 aliphatic heterocycles. The van der Waals surface area contributed by atoms with Crippen LogP contribution in [0.1, 0.15) is 10.5 Å². The molecule has 0 amide bonds. The van der Waals surface area contributed by atoms with Crippen molar-refractivity contribution < 1.29 is 9.53 Å². The van der Waals surface area contributed by atoms with E-state index in [0.29, 0.717) is 5.82 Å². The summed E-state index contributed by atoms with van der Waals surface area (Å²) in [5, 5.41) is 0. The van der Waals surface area contributed by atoms with Crippen LogP contribution in [0.2, 0.25) is 0 Å². The molecule has 6 heteroatoms. The molecule has 1 N–H and O–H groups in total. The van der Waals surface area contributed by atoms with E-state index in [1.165, 1.54) is 19.5 Å². The first-order valence-electron chi connectivity index (χ1n) is 4.60. The summed E-state index contributed by atoms with van der Waals surface area (Å²) in [5.41, 5.74) is 3.10. The van der Waals surface area contributed by atoms with Crippen molar-refractivity contribution in [2.75, 3.05) is 12.5 Å². The second-order valence-corrected chi connectivity index (χ2v) is 2.98. The summed E-state index contributed by atoms with van der Waals surface area (Å²) in [6.45, 7) is 0. The zero-order chi connectivity index (χ0) is 11.4. The van der Waals surface area contributed by atoms with Crippen LogP contribution in [0.25, 0.3) is 0 Å². The number of methoxy groups -OCH3 is 1. The van der Waals surface area contributed by atoms with Gasteiger partial charge in [-0.2, -0.15) is 0 Å². The summed E-state index contributed by atoms with van der Waals surface area (Å²) in [7, 11) is 1.30. The molecule has 2 aromatic heterocycles. The van der Waals surface area contributed by atoms with E-state index in [1.807, 2.05) is 24.5 Å². The lowest BCUT2D eigenvalue weighted by atomic mass is 10.4. The van der Waals surface area contributed by atoms with Crippen molar-refractivity contribution in [3.63, 3.8) is 0 Å². The number of anilines is 1. The van der Waals surface area contributed by atoms with E-state index >= 15 is 0 Å². The van der Waals surface area contributed by atoms with Gasteiger partial charge in [0.2, 0.25) is 0 Å². The number of carbonyl (C=O) groups excluding carboxylic acids is 1. The van der Waals surface area contributed by atoms with Gasteiger partial charge in [-0.1, -0.05) is 0 Å². The number of aromatic nitrogens is 3. The number of carbonyl (C=O) groups is 1. The molecule has 0 spiro atoms. The summed E-state index contributed by atoms with van der Waals surface area (Å²) in [5.74, 6) is -0.0391. The third-order valence-corrected chi connectivity index (χ3v) is 1.88. The largest absolute Gasteiger partial charge is 0.464 e. The molecule has 82 valence electrons. The summed E-state index contributed by atoms with van der Waals surface area (Å²) in [6.07, 6.45) is 6.50. The van der Waals surface area contributed by atoms with Crippen molar-refractivity contribution in [2.24, 2.45) is 0 Å². The van der Waals surface area contributed by atoms with E-state index in [9.17, 15) is 4.79 Å². The van der Waals surface area contributed by atoms with Gasteiger partial charge in [0.25, 0.3) is 0 Å². The van der Waals surface area contributed by atoms with Gasteiger partial charge in [-0.05, 0) is 12.1 Å². The van der Waals surface area contributed by atoms with E-state index in [-0.39, 0.29) is 5.69 Å². The first-order chi connectivity index (χ1) is 7.79. The first kappa shape index (κ1) is 10.2. The maximum Gasteiger partial charge on any atom is 0.358 e. The van der Waals surface area contributed by atoms with Crippen LogP contribution in [0.4, 0.5) is 5.82 Å². The molecule has 0 fully saturated rings. The van der Waals surface area contributed by atoms with Crippen molar-refractivity contribution in [1.29, 1.82) is 0 Å². The molecule has 0 aliphatic carbocycles. The van der Waals surface area contributed by atoms with E-state index in [1.54, 1.807) is 4.68 Å². The van der Waals surface area contributed by atoms with Gasteiger partial charge in [0, 0.05) is 12.4 Å². The van der Waals surface area contributed by atoms with Crippen LogP contribution in [-0.2, 0) is 4.74 Å². The molecule has 16 heavy (non-hydrogen) atoms. The smallest absolute Gasteiger partial charge is 0.358 e. The Labute approximate surface area is 91.9 Å². The highest BCUT2D eigenvalue weighted by Gasteiger charge is 2.08. The van der Waals surface area contributed by atoms with Crippen molar-refractivity contribution in [1.82, 2.24) is 14.6 Å². The van der Waals surface area contributed by atoms with Gasteiger partial charge >= 0.3 is 5.97 Å². The maximum absolute atomic E-state index is 11.2. The van der Waals surface area contributed by atoms with Gasteiger partial charge in [-0.25, -0.2) is 9.78 Å². The van der Waals surface area contributed by atoms with Crippen LogP contribution in [0, 0.1) is 0 Å². The Bertz CT molecular complexity index is 481. The molecular formula is C10H10N4O2. The fourth-order valence-corrected chi connectivity index (χ4v) is 1.16. The number of hydrogen-bond acceptors (Lipinski definition) is 5. The third-order valence-electron chi connectivity index (χ3n) is 1.88. The fourth-order valence-electron chi connectivity index (χ4n) is 1.16. The van der Waals surface area contributed by atoms with E-state index in [2.05, 4.69) is 20.1 Å². The molecule has 0 unspecified atom stereocenters. The number of hydrogen-bond donors (Lipinski definition) is 1. The van der Waals surface area contributed by atoms with Gasteiger partial charge in [-0.15, -0.1) is 0 Å². The topological polar surface area (TPSA) is 69.0 Å². The van der Waals surface area contributed by atoms with E-state index in [4.69, 9.17) is 0 Å². The fraction of sp³-hybridized carbons (Fsp3) is 0.100.